The van der Waals surface area contributed by atoms with Gasteiger partial charge in [0.1, 0.15) is 23.2 Å². The first-order valence-corrected chi connectivity index (χ1v) is 9.74. The average molecular weight is 400 g/mol. The van der Waals surface area contributed by atoms with Crippen LogP contribution in [0.25, 0.3) is 0 Å². The SMILES string of the molecule is Cc1ccc2c(c1)N(CC(=O)c1c(N)n(CC(C)C)c(=O)n(C)c1=O)C[C@H](C)O2. The topological polar surface area (TPSA) is 99.6 Å². The predicted molar refractivity (Wildman–Crippen MR) is 113 cm³/mol. The number of ether oxygens (including phenoxy) is 1. The maximum absolute atomic E-state index is 13.2. The van der Waals surface area contributed by atoms with Crippen molar-refractivity contribution in [1.29, 1.82) is 0 Å². The Balaban J connectivity index is 2.03. The van der Waals surface area contributed by atoms with E-state index in [1.165, 1.54) is 11.6 Å². The number of anilines is 2. The van der Waals surface area contributed by atoms with E-state index in [2.05, 4.69) is 0 Å². The van der Waals surface area contributed by atoms with Crippen molar-refractivity contribution in [2.45, 2.75) is 40.3 Å². The first kappa shape index (κ1) is 20.7. The summed E-state index contributed by atoms with van der Waals surface area (Å²) in [5.41, 5.74) is 6.67. The van der Waals surface area contributed by atoms with Gasteiger partial charge in [-0.05, 0) is 37.5 Å². The molecule has 1 aliphatic rings. The van der Waals surface area contributed by atoms with E-state index >= 15 is 0 Å². The summed E-state index contributed by atoms with van der Waals surface area (Å²) < 4.78 is 8.12. The van der Waals surface area contributed by atoms with Gasteiger partial charge in [-0.3, -0.25) is 18.7 Å². The first-order valence-electron chi connectivity index (χ1n) is 9.74. The number of aryl methyl sites for hydroxylation is 1. The number of nitrogen functional groups attached to an aromatic ring is 1. The number of rotatable bonds is 5. The van der Waals surface area contributed by atoms with Gasteiger partial charge in [0, 0.05) is 13.6 Å². The number of carbonyl (C=O) groups excluding carboxylic acids is 1. The average Bonchev–Trinajstić information content (AvgIpc) is 2.64. The Kier molecular flexibility index (Phi) is 5.55. The maximum Gasteiger partial charge on any atom is 0.332 e. The van der Waals surface area contributed by atoms with E-state index in [9.17, 15) is 14.4 Å². The number of nitrogens with zero attached hydrogens (tertiary/aromatic N) is 3. The zero-order valence-corrected chi connectivity index (χ0v) is 17.6. The van der Waals surface area contributed by atoms with E-state index < -0.39 is 17.0 Å². The minimum absolute atomic E-state index is 0.0243. The minimum Gasteiger partial charge on any atom is -0.487 e. The van der Waals surface area contributed by atoms with Crippen LogP contribution < -0.4 is 26.6 Å². The van der Waals surface area contributed by atoms with Crippen molar-refractivity contribution in [2.24, 2.45) is 13.0 Å². The highest BCUT2D eigenvalue weighted by atomic mass is 16.5. The summed E-state index contributed by atoms with van der Waals surface area (Å²) in [6.45, 7) is 8.58. The Morgan fingerprint density at radius 1 is 1.31 bits per heavy atom. The lowest BCUT2D eigenvalue weighted by atomic mass is 10.1. The molecule has 156 valence electrons. The summed E-state index contributed by atoms with van der Waals surface area (Å²) in [5, 5.41) is 0. The Labute approximate surface area is 169 Å². The van der Waals surface area contributed by atoms with E-state index in [0.717, 1.165) is 15.8 Å². The number of aromatic nitrogens is 2. The summed E-state index contributed by atoms with van der Waals surface area (Å²) in [6.07, 6.45) is -0.104. The van der Waals surface area contributed by atoms with Crippen LogP contribution >= 0.6 is 0 Å². The number of Topliss-reactive ketones (excluding diaryl/α,β-unsaturated/α-hetero) is 1. The third-order valence-corrected chi connectivity index (χ3v) is 5.01. The number of ketones is 1. The number of hydrogen-bond acceptors (Lipinski definition) is 6. The van der Waals surface area contributed by atoms with Crippen LogP contribution in [0, 0.1) is 12.8 Å². The fraction of sp³-hybridized carbons (Fsp3) is 0.476. The monoisotopic (exact) mass is 400 g/mol. The molecule has 8 nitrogen and oxygen atoms in total. The highest BCUT2D eigenvalue weighted by Crippen LogP contribution is 2.34. The van der Waals surface area contributed by atoms with Crippen LogP contribution in [0.3, 0.4) is 0 Å². The molecule has 2 heterocycles. The van der Waals surface area contributed by atoms with Gasteiger partial charge in [-0.2, -0.15) is 0 Å². The van der Waals surface area contributed by atoms with Gasteiger partial charge in [0.15, 0.2) is 5.78 Å². The lowest BCUT2D eigenvalue weighted by Crippen LogP contribution is -2.46. The standard InChI is InChI=1S/C21H28N4O4/c1-12(2)9-25-19(22)18(20(27)23(5)21(25)28)16(26)11-24-10-14(4)29-17-7-6-13(3)8-15(17)24/h6-8,12,14H,9-11,22H2,1-5H3/t14-/m0/s1. The zero-order valence-electron chi connectivity index (χ0n) is 17.6. The van der Waals surface area contributed by atoms with E-state index in [0.29, 0.717) is 18.8 Å². The van der Waals surface area contributed by atoms with Crippen LogP contribution in [-0.2, 0) is 13.6 Å². The summed E-state index contributed by atoms with van der Waals surface area (Å²) in [6, 6.07) is 5.79. The Morgan fingerprint density at radius 2 is 2.00 bits per heavy atom. The predicted octanol–water partition coefficient (Wildman–Crippen LogP) is 1.56. The molecule has 0 fully saturated rings. The van der Waals surface area contributed by atoms with Crippen molar-refractivity contribution < 1.29 is 9.53 Å². The minimum atomic E-state index is -0.664. The van der Waals surface area contributed by atoms with Crippen LogP contribution in [0.4, 0.5) is 11.5 Å². The highest BCUT2D eigenvalue weighted by molar-refractivity contribution is 6.02. The van der Waals surface area contributed by atoms with Gasteiger partial charge in [-0.15, -0.1) is 0 Å². The number of carbonyl (C=O) groups is 1. The van der Waals surface area contributed by atoms with Gasteiger partial charge in [-0.25, -0.2) is 4.79 Å². The molecule has 0 saturated heterocycles. The molecule has 0 saturated carbocycles. The number of benzene rings is 1. The molecule has 0 bridgehead atoms. The largest absolute Gasteiger partial charge is 0.487 e. The molecule has 1 atom stereocenters. The maximum atomic E-state index is 13.2. The van der Waals surface area contributed by atoms with Gasteiger partial charge in [0.2, 0.25) is 0 Å². The van der Waals surface area contributed by atoms with Gasteiger partial charge in [0.25, 0.3) is 5.56 Å². The van der Waals surface area contributed by atoms with Gasteiger partial charge in [0.05, 0.1) is 18.8 Å². The summed E-state index contributed by atoms with van der Waals surface area (Å²) in [4.78, 5) is 40.2. The second kappa shape index (κ2) is 7.77. The van der Waals surface area contributed by atoms with Crippen LogP contribution in [0.1, 0.15) is 36.7 Å². The lowest BCUT2D eigenvalue weighted by Gasteiger charge is -2.34. The van der Waals surface area contributed by atoms with Crippen molar-refractivity contribution in [3.8, 4) is 5.75 Å². The third-order valence-electron chi connectivity index (χ3n) is 5.01. The smallest absolute Gasteiger partial charge is 0.332 e. The molecular weight excluding hydrogens is 372 g/mol. The highest BCUT2D eigenvalue weighted by Gasteiger charge is 2.28. The van der Waals surface area contributed by atoms with Crippen LogP contribution in [0.5, 0.6) is 5.75 Å². The van der Waals surface area contributed by atoms with E-state index in [1.807, 2.05) is 50.8 Å². The molecule has 1 aromatic heterocycles. The lowest BCUT2D eigenvalue weighted by molar-refractivity contribution is 0.0992. The van der Waals surface area contributed by atoms with Crippen molar-refractivity contribution in [2.75, 3.05) is 23.7 Å². The second-order valence-electron chi connectivity index (χ2n) is 8.11. The fourth-order valence-corrected chi connectivity index (χ4v) is 3.63. The van der Waals surface area contributed by atoms with Crippen molar-refractivity contribution >= 4 is 17.3 Å². The zero-order chi connectivity index (χ0) is 21.5. The molecule has 0 radical (unpaired) electrons. The van der Waals surface area contributed by atoms with Crippen LogP contribution in [-0.4, -0.2) is 34.1 Å². The Morgan fingerprint density at radius 3 is 2.66 bits per heavy atom. The summed E-state index contributed by atoms with van der Waals surface area (Å²) in [5.74, 6) is 0.350. The molecule has 2 aromatic rings. The molecule has 0 spiro atoms. The third kappa shape index (κ3) is 3.92. The van der Waals surface area contributed by atoms with Gasteiger partial charge >= 0.3 is 5.69 Å². The van der Waals surface area contributed by atoms with Crippen LogP contribution in [0.2, 0.25) is 0 Å². The molecule has 29 heavy (non-hydrogen) atoms. The first-order chi connectivity index (χ1) is 13.6. The Hall–Kier alpha value is -3.03. The van der Waals surface area contributed by atoms with Crippen LogP contribution in [0.15, 0.2) is 27.8 Å². The molecule has 0 amide bonds. The number of hydrogen-bond donors (Lipinski definition) is 1. The van der Waals surface area contributed by atoms with Gasteiger partial charge < -0.3 is 15.4 Å². The van der Waals surface area contributed by atoms with E-state index in [-0.39, 0.29) is 29.9 Å². The van der Waals surface area contributed by atoms with E-state index in [1.54, 1.807) is 0 Å². The summed E-state index contributed by atoms with van der Waals surface area (Å²) in [7, 11) is 1.37. The molecular formula is C21H28N4O4. The molecule has 1 aromatic carbocycles. The van der Waals surface area contributed by atoms with Crippen molar-refractivity contribution in [1.82, 2.24) is 9.13 Å². The molecule has 2 N–H and O–H groups in total. The van der Waals surface area contributed by atoms with Crippen molar-refractivity contribution in [3.63, 3.8) is 0 Å². The normalized spacial score (nSPS) is 15.9. The molecule has 0 aliphatic carbocycles. The molecule has 0 unspecified atom stereocenters. The Bertz CT molecular complexity index is 1070. The quantitative estimate of drug-likeness (QED) is 0.765. The second-order valence-corrected chi connectivity index (χ2v) is 8.11. The number of fused-ring (bicyclic) bond motifs is 1. The van der Waals surface area contributed by atoms with Crippen molar-refractivity contribution in [3.05, 3.63) is 50.2 Å². The number of nitrogens with two attached hydrogens (primary N) is 1. The molecule has 1 aliphatic heterocycles. The summed E-state index contributed by atoms with van der Waals surface area (Å²) >= 11 is 0. The fourth-order valence-electron chi connectivity index (χ4n) is 3.63. The van der Waals surface area contributed by atoms with E-state index in [4.69, 9.17) is 10.5 Å². The molecule has 3 rings (SSSR count). The van der Waals surface area contributed by atoms with Gasteiger partial charge in [-0.1, -0.05) is 19.9 Å². The molecule has 8 heteroatoms.